The molecule has 2 N–H and O–H groups in total. The normalized spacial score (nSPS) is 14.4. The Morgan fingerprint density at radius 3 is 2.39 bits per heavy atom. The van der Waals surface area contributed by atoms with Gasteiger partial charge in [-0.05, 0) is 72.9 Å². The van der Waals surface area contributed by atoms with Gasteiger partial charge in [-0.25, -0.2) is 13.9 Å². The first kappa shape index (κ1) is 25.0. The molecule has 3 aromatic carbocycles. The fraction of sp³-hybridized carbons (Fsp3) is 0.167. The van der Waals surface area contributed by atoms with Crippen LogP contribution in [0.2, 0.25) is 0 Å². The minimum absolute atomic E-state index is 0.00785. The van der Waals surface area contributed by atoms with E-state index in [1.807, 2.05) is 63.2 Å². The number of hydrogen-bond donors (Lipinski definition) is 2. The van der Waals surface area contributed by atoms with Gasteiger partial charge in [0.1, 0.15) is 11.5 Å². The Morgan fingerprint density at radius 1 is 0.947 bits per heavy atom. The average Bonchev–Trinajstić information content (AvgIpc) is 3.34. The van der Waals surface area contributed by atoms with Gasteiger partial charge < -0.3 is 10.4 Å². The van der Waals surface area contributed by atoms with Crippen LogP contribution < -0.4 is 5.32 Å². The number of aromatic hydroxyl groups is 1. The van der Waals surface area contributed by atoms with Gasteiger partial charge in [0.05, 0.1) is 23.5 Å². The monoisotopic (exact) mass is 510 g/mol. The van der Waals surface area contributed by atoms with Gasteiger partial charge >= 0.3 is 6.03 Å². The molecule has 1 aliphatic rings. The van der Waals surface area contributed by atoms with E-state index >= 15 is 0 Å². The number of amides is 3. The van der Waals surface area contributed by atoms with Gasteiger partial charge in [-0.2, -0.15) is 5.10 Å². The molecule has 0 spiro atoms. The summed E-state index contributed by atoms with van der Waals surface area (Å²) in [5.74, 6) is -1.07. The first-order valence-corrected chi connectivity index (χ1v) is 12.2. The fourth-order valence-electron chi connectivity index (χ4n) is 4.50. The van der Waals surface area contributed by atoms with Crippen molar-refractivity contribution in [1.82, 2.24) is 20.0 Å². The summed E-state index contributed by atoms with van der Waals surface area (Å²) in [5, 5.41) is 18.7. The molecule has 8 heteroatoms. The Bertz CT molecular complexity index is 1590. The maximum atomic E-state index is 13.3. The number of hydrogen-bond acceptors (Lipinski definition) is 4. The molecule has 38 heavy (non-hydrogen) atoms. The van der Waals surface area contributed by atoms with E-state index in [0.717, 1.165) is 32.8 Å². The highest BCUT2D eigenvalue weighted by molar-refractivity contribution is 6.14. The number of aromatic nitrogens is 2. The third kappa shape index (κ3) is 4.68. The van der Waals surface area contributed by atoms with Crippen LogP contribution in [-0.4, -0.2) is 31.7 Å². The van der Waals surface area contributed by atoms with Crippen molar-refractivity contribution in [3.05, 3.63) is 117 Å². The number of imide groups is 1. The second-order valence-electron chi connectivity index (χ2n) is 9.42. The van der Waals surface area contributed by atoms with Crippen molar-refractivity contribution in [3.8, 4) is 11.6 Å². The third-order valence-electron chi connectivity index (χ3n) is 6.90. The van der Waals surface area contributed by atoms with E-state index in [2.05, 4.69) is 5.32 Å². The van der Waals surface area contributed by atoms with E-state index in [9.17, 15) is 19.1 Å². The van der Waals surface area contributed by atoms with Crippen LogP contribution in [0.5, 0.6) is 5.88 Å². The molecule has 1 fully saturated rings. The summed E-state index contributed by atoms with van der Waals surface area (Å²) >= 11 is 0. The number of halogens is 1. The maximum Gasteiger partial charge on any atom is 0.329 e. The predicted octanol–water partition coefficient (Wildman–Crippen LogP) is 5.33. The molecule has 3 amide bonds. The molecule has 1 aliphatic heterocycles. The smallest absolute Gasteiger partial charge is 0.329 e. The number of rotatable bonds is 6. The molecule has 0 saturated carbocycles. The van der Waals surface area contributed by atoms with E-state index in [-0.39, 0.29) is 18.1 Å². The summed E-state index contributed by atoms with van der Waals surface area (Å²) in [4.78, 5) is 26.9. The summed E-state index contributed by atoms with van der Waals surface area (Å²) in [6, 6.07) is 18.7. The lowest BCUT2D eigenvalue weighted by Gasteiger charge is -2.11. The number of urea groups is 1. The Labute approximate surface area is 219 Å². The second kappa shape index (κ2) is 9.97. The lowest BCUT2D eigenvalue weighted by atomic mass is 10.0. The molecule has 7 nitrogen and oxygen atoms in total. The average molecular weight is 511 g/mol. The zero-order valence-corrected chi connectivity index (χ0v) is 21.3. The molecule has 5 rings (SSSR count). The van der Waals surface area contributed by atoms with Crippen LogP contribution in [0.25, 0.3) is 11.8 Å². The Hall–Kier alpha value is -4.72. The molecular weight excluding hydrogens is 483 g/mol. The van der Waals surface area contributed by atoms with Gasteiger partial charge in [0, 0.05) is 6.42 Å². The number of aryl methyl sites for hydroxylation is 2. The van der Waals surface area contributed by atoms with E-state index in [1.54, 1.807) is 0 Å². The first-order valence-electron chi connectivity index (χ1n) is 12.2. The summed E-state index contributed by atoms with van der Waals surface area (Å²) in [6.07, 6.45) is 1.89. The summed E-state index contributed by atoms with van der Waals surface area (Å²) < 4.78 is 14.8. The molecule has 1 saturated heterocycles. The molecule has 0 aliphatic carbocycles. The number of carbonyl (C=O) groups excluding carboxylic acids is 2. The highest BCUT2D eigenvalue weighted by Crippen LogP contribution is 2.32. The zero-order valence-electron chi connectivity index (χ0n) is 21.3. The van der Waals surface area contributed by atoms with E-state index in [0.29, 0.717) is 23.2 Å². The van der Waals surface area contributed by atoms with Crippen LogP contribution >= 0.6 is 0 Å². The molecule has 0 atom stereocenters. The van der Waals surface area contributed by atoms with Crippen molar-refractivity contribution in [2.45, 2.75) is 33.7 Å². The minimum atomic E-state index is -0.590. The standard InChI is InChI=1S/C30H27FN4O3/c1-18-8-6-10-27(20(18)3)35-28(36)24(25(33-35)15-22-9-5-4-7-19(22)2)16-26-29(37)34(30(38)32-26)17-21-11-13-23(31)14-12-21/h4-14,16,36H,15,17H2,1-3H3,(H,32,38)/b26-16-. The Morgan fingerprint density at radius 2 is 1.66 bits per heavy atom. The molecular formula is C30H27FN4O3. The van der Waals surface area contributed by atoms with Crippen molar-refractivity contribution < 1.29 is 19.1 Å². The molecule has 192 valence electrons. The summed E-state index contributed by atoms with van der Waals surface area (Å²) in [6.45, 7) is 5.94. The lowest BCUT2D eigenvalue weighted by molar-refractivity contribution is -0.123. The summed E-state index contributed by atoms with van der Waals surface area (Å²) in [5.41, 5.74) is 6.37. The molecule has 4 aromatic rings. The number of nitrogens with one attached hydrogen (secondary N) is 1. The molecule has 0 unspecified atom stereocenters. The lowest BCUT2D eigenvalue weighted by Crippen LogP contribution is -2.30. The number of nitrogens with zero attached hydrogens (tertiary/aromatic N) is 3. The first-order chi connectivity index (χ1) is 18.2. The number of benzene rings is 3. The van der Waals surface area contributed by atoms with E-state index in [4.69, 9.17) is 5.10 Å². The predicted molar refractivity (Wildman–Crippen MR) is 142 cm³/mol. The van der Waals surface area contributed by atoms with E-state index in [1.165, 1.54) is 35.0 Å². The van der Waals surface area contributed by atoms with E-state index < -0.39 is 17.8 Å². The highest BCUT2D eigenvalue weighted by Gasteiger charge is 2.34. The third-order valence-corrected chi connectivity index (χ3v) is 6.90. The van der Waals surface area contributed by atoms with Crippen molar-refractivity contribution in [3.63, 3.8) is 0 Å². The number of carbonyl (C=O) groups is 2. The van der Waals surface area contributed by atoms with Gasteiger partial charge in [-0.3, -0.25) is 9.69 Å². The Kier molecular flexibility index (Phi) is 6.55. The van der Waals surface area contributed by atoms with Gasteiger partial charge in [0.25, 0.3) is 5.91 Å². The zero-order chi connectivity index (χ0) is 27.0. The van der Waals surface area contributed by atoms with Gasteiger partial charge in [-0.1, -0.05) is 48.5 Å². The summed E-state index contributed by atoms with van der Waals surface area (Å²) in [7, 11) is 0. The van der Waals surface area contributed by atoms with Crippen molar-refractivity contribution in [2.75, 3.05) is 0 Å². The maximum absolute atomic E-state index is 13.3. The van der Waals surface area contributed by atoms with Gasteiger partial charge in [-0.15, -0.1) is 0 Å². The molecule has 0 radical (unpaired) electrons. The van der Waals surface area contributed by atoms with Gasteiger partial charge in [0.15, 0.2) is 0 Å². The van der Waals surface area contributed by atoms with Crippen LogP contribution in [0, 0.1) is 26.6 Å². The fourth-order valence-corrected chi connectivity index (χ4v) is 4.50. The van der Waals surface area contributed by atoms with Crippen molar-refractivity contribution in [2.24, 2.45) is 0 Å². The quantitative estimate of drug-likeness (QED) is 0.271. The van der Waals surface area contributed by atoms with Gasteiger partial charge in [0.2, 0.25) is 5.88 Å². The molecule has 1 aromatic heterocycles. The second-order valence-corrected chi connectivity index (χ2v) is 9.42. The minimum Gasteiger partial charge on any atom is -0.493 e. The molecule has 2 heterocycles. The van der Waals surface area contributed by atoms with Crippen LogP contribution in [0.15, 0.2) is 72.4 Å². The largest absolute Gasteiger partial charge is 0.493 e. The SMILES string of the molecule is Cc1ccccc1Cc1nn(-c2cccc(C)c2C)c(O)c1/C=C1\NC(=O)N(Cc2ccc(F)cc2)C1=O. The Balaban J connectivity index is 1.56. The van der Waals surface area contributed by atoms with Crippen LogP contribution in [-0.2, 0) is 17.8 Å². The highest BCUT2D eigenvalue weighted by atomic mass is 19.1. The molecule has 0 bridgehead atoms. The van der Waals surface area contributed by atoms with Crippen LogP contribution in [0.3, 0.4) is 0 Å². The van der Waals surface area contributed by atoms with Crippen LogP contribution in [0.1, 0.15) is 39.1 Å². The topological polar surface area (TPSA) is 87.5 Å². The van der Waals surface area contributed by atoms with Crippen LogP contribution in [0.4, 0.5) is 9.18 Å². The van der Waals surface area contributed by atoms with Crippen molar-refractivity contribution >= 4 is 18.0 Å². The van der Waals surface area contributed by atoms with Crippen molar-refractivity contribution in [1.29, 1.82) is 0 Å².